The zero-order chi connectivity index (χ0) is 24.4. The van der Waals surface area contributed by atoms with E-state index in [0.717, 1.165) is 50.3 Å². The summed E-state index contributed by atoms with van der Waals surface area (Å²) in [6.07, 6.45) is 7.34. The molecule has 5 rings (SSSR count). The quantitative estimate of drug-likeness (QED) is 0.570. The Morgan fingerprint density at radius 3 is 2.54 bits per heavy atom. The van der Waals surface area contributed by atoms with Gasteiger partial charge in [-0.2, -0.15) is 0 Å². The maximum atomic E-state index is 13.8. The van der Waals surface area contributed by atoms with Crippen molar-refractivity contribution < 1.29 is 4.79 Å². The molecule has 0 unspecified atom stereocenters. The molecule has 0 bridgehead atoms. The molecule has 35 heavy (non-hydrogen) atoms. The van der Waals surface area contributed by atoms with Crippen molar-refractivity contribution in [2.45, 2.75) is 43.8 Å². The van der Waals surface area contributed by atoms with Gasteiger partial charge in [-0.25, -0.2) is 4.98 Å². The second-order valence-corrected chi connectivity index (χ2v) is 10.3. The number of carbonyl (C=O) groups is 1. The number of nitrogens with one attached hydrogen (secondary N) is 1. The maximum absolute atomic E-state index is 13.8. The fourth-order valence-corrected chi connectivity index (χ4v) is 5.88. The first-order valence-electron chi connectivity index (χ1n) is 12.5. The highest BCUT2D eigenvalue weighted by molar-refractivity contribution is 6.30. The zero-order valence-electron chi connectivity index (χ0n) is 20.6. The number of likely N-dealkylation sites (tertiary alicyclic amines) is 1. The number of piperidine rings is 1. The number of hydrogen-bond acceptors (Lipinski definition) is 4. The number of aromatic nitrogens is 2. The van der Waals surface area contributed by atoms with Gasteiger partial charge >= 0.3 is 0 Å². The van der Waals surface area contributed by atoms with Crippen molar-refractivity contribution in [3.8, 4) is 0 Å². The van der Waals surface area contributed by atoms with Gasteiger partial charge in [0, 0.05) is 49.6 Å². The summed E-state index contributed by atoms with van der Waals surface area (Å²) in [7, 11) is 4.22. The number of hydrogen-bond donors (Lipinski definition) is 1. The summed E-state index contributed by atoms with van der Waals surface area (Å²) in [5.41, 5.74) is 4.03. The van der Waals surface area contributed by atoms with Crippen LogP contribution in [0.2, 0.25) is 5.02 Å². The molecular weight excluding hydrogens is 458 g/mol. The number of likely N-dealkylation sites (N-methyl/N-ethyl adjacent to an activating group) is 1. The fraction of sp³-hybridized carbons (Fsp3) is 0.429. The standard InChI is InChI=1S/C28H34ClN5O/c1-32-18-14-30-26(32)20-31-25(19-21-7-9-23(29)10-8-21)27(35)34-16-12-28(13-17-34)24-6-4-3-5-22(24)11-15-33(28)2/h3-10,14,18,25,31H,11-13,15-17,19-20H2,1-2H3/t25-/m1/s1. The number of fused-ring (bicyclic) bond motifs is 2. The van der Waals surface area contributed by atoms with Crippen molar-refractivity contribution >= 4 is 17.5 Å². The van der Waals surface area contributed by atoms with E-state index >= 15 is 0 Å². The van der Waals surface area contributed by atoms with E-state index in [-0.39, 0.29) is 17.5 Å². The Labute approximate surface area is 212 Å². The van der Waals surface area contributed by atoms with Crippen LogP contribution in [0.1, 0.15) is 35.4 Å². The molecule has 1 amide bonds. The summed E-state index contributed by atoms with van der Waals surface area (Å²) < 4.78 is 1.98. The summed E-state index contributed by atoms with van der Waals surface area (Å²) in [5, 5.41) is 4.21. The average molecular weight is 492 g/mol. The van der Waals surface area contributed by atoms with Gasteiger partial charge in [0.15, 0.2) is 0 Å². The van der Waals surface area contributed by atoms with E-state index in [4.69, 9.17) is 11.6 Å². The van der Waals surface area contributed by atoms with Crippen LogP contribution in [0.5, 0.6) is 0 Å². The minimum atomic E-state index is -0.321. The number of halogens is 1. The molecule has 0 saturated carbocycles. The maximum Gasteiger partial charge on any atom is 0.240 e. The SMILES string of the molecule is CN1CCc2ccccc2C12CCN(C(=O)[C@@H](Cc1ccc(Cl)cc1)NCc1nccn1C)CC2. The molecule has 2 aliphatic heterocycles. The van der Waals surface area contributed by atoms with Crippen molar-refractivity contribution in [1.29, 1.82) is 0 Å². The molecular formula is C28H34ClN5O. The average Bonchev–Trinajstić information content (AvgIpc) is 3.30. The molecule has 1 atom stereocenters. The Bertz CT molecular complexity index is 1170. The van der Waals surface area contributed by atoms with Crippen molar-refractivity contribution in [1.82, 2.24) is 24.7 Å². The molecule has 1 spiro atoms. The third kappa shape index (κ3) is 4.88. The van der Waals surface area contributed by atoms with E-state index in [1.165, 1.54) is 11.1 Å². The molecule has 1 aromatic heterocycles. The molecule has 1 saturated heterocycles. The third-order valence-corrected chi connectivity index (χ3v) is 8.20. The van der Waals surface area contributed by atoms with Crippen LogP contribution in [0, 0.1) is 0 Å². The highest BCUT2D eigenvalue weighted by Gasteiger charge is 2.44. The van der Waals surface area contributed by atoms with E-state index in [9.17, 15) is 4.79 Å². The lowest BCUT2D eigenvalue weighted by molar-refractivity contribution is -0.136. The summed E-state index contributed by atoms with van der Waals surface area (Å²) in [5.74, 6) is 1.08. The van der Waals surface area contributed by atoms with E-state index in [0.29, 0.717) is 18.0 Å². The molecule has 2 aromatic carbocycles. The molecule has 1 N–H and O–H groups in total. The van der Waals surface area contributed by atoms with Gasteiger partial charge in [-0.15, -0.1) is 0 Å². The Hall–Kier alpha value is -2.67. The fourth-order valence-electron chi connectivity index (χ4n) is 5.75. The normalized spacial score (nSPS) is 18.4. The highest BCUT2D eigenvalue weighted by Crippen LogP contribution is 2.42. The Morgan fingerprint density at radius 2 is 1.83 bits per heavy atom. The largest absolute Gasteiger partial charge is 0.341 e. The van der Waals surface area contributed by atoms with E-state index in [2.05, 4.69) is 51.4 Å². The second-order valence-electron chi connectivity index (χ2n) is 9.90. The molecule has 3 aromatic rings. The van der Waals surface area contributed by atoms with Gasteiger partial charge in [-0.1, -0.05) is 48.0 Å². The Balaban J connectivity index is 1.32. The lowest BCUT2D eigenvalue weighted by Crippen LogP contribution is -2.57. The topological polar surface area (TPSA) is 53.4 Å². The van der Waals surface area contributed by atoms with Crippen LogP contribution >= 0.6 is 11.6 Å². The lowest BCUT2D eigenvalue weighted by atomic mass is 9.74. The number of nitrogens with zero attached hydrogens (tertiary/aromatic N) is 4. The summed E-state index contributed by atoms with van der Waals surface area (Å²) in [4.78, 5) is 22.8. The first kappa shape index (κ1) is 24.0. The monoisotopic (exact) mass is 491 g/mol. The molecule has 3 heterocycles. The molecule has 0 radical (unpaired) electrons. The van der Waals surface area contributed by atoms with Gasteiger partial charge in [0.05, 0.1) is 12.6 Å². The van der Waals surface area contributed by atoms with E-state index in [1.54, 1.807) is 6.20 Å². The van der Waals surface area contributed by atoms with Gasteiger partial charge in [0.25, 0.3) is 0 Å². The van der Waals surface area contributed by atoms with Crippen LogP contribution in [0.3, 0.4) is 0 Å². The lowest BCUT2D eigenvalue weighted by Gasteiger charge is -2.51. The number of imidazole rings is 1. The molecule has 2 aliphatic rings. The van der Waals surface area contributed by atoms with E-state index < -0.39 is 0 Å². The third-order valence-electron chi connectivity index (χ3n) is 7.95. The smallest absolute Gasteiger partial charge is 0.240 e. The number of carbonyl (C=O) groups excluding carboxylic acids is 1. The summed E-state index contributed by atoms with van der Waals surface area (Å²) in [6, 6.07) is 16.3. The predicted octanol–water partition coefficient (Wildman–Crippen LogP) is 3.78. The van der Waals surface area contributed by atoms with Crippen LogP contribution in [0.4, 0.5) is 0 Å². The first-order chi connectivity index (χ1) is 17.0. The number of amides is 1. The van der Waals surface area contributed by atoms with Gasteiger partial charge < -0.3 is 9.47 Å². The second kappa shape index (κ2) is 10.1. The first-order valence-corrected chi connectivity index (χ1v) is 12.9. The number of aryl methyl sites for hydroxylation is 1. The van der Waals surface area contributed by atoms with Crippen LogP contribution < -0.4 is 5.32 Å². The van der Waals surface area contributed by atoms with Gasteiger partial charge in [0.1, 0.15) is 5.82 Å². The molecule has 6 nitrogen and oxygen atoms in total. The van der Waals surface area contributed by atoms with Gasteiger partial charge in [0.2, 0.25) is 5.91 Å². The van der Waals surface area contributed by atoms with Gasteiger partial charge in [-0.3, -0.25) is 15.0 Å². The summed E-state index contributed by atoms with van der Waals surface area (Å²) in [6.45, 7) is 3.13. The summed E-state index contributed by atoms with van der Waals surface area (Å²) >= 11 is 6.09. The van der Waals surface area contributed by atoms with Crippen LogP contribution in [-0.4, -0.2) is 58.0 Å². The van der Waals surface area contributed by atoms with Crippen molar-refractivity contribution in [2.24, 2.45) is 7.05 Å². The van der Waals surface area contributed by atoms with Gasteiger partial charge in [-0.05, 0) is 61.6 Å². The molecule has 1 fully saturated rings. The number of rotatable bonds is 6. The van der Waals surface area contributed by atoms with Crippen LogP contribution in [0.15, 0.2) is 60.9 Å². The molecule has 0 aliphatic carbocycles. The predicted molar refractivity (Wildman–Crippen MR) is 139 cm³/mol. The molecule has 7 heteroatoms. The minimum Gasteiger partial charge on any atom is -0.341 e. The van der Waals surface area contributed by atoms with Crippen LogP contribution in [0.25, 0.3) is 0 Å². The highest BCUT2D eigenvalue weighted by atomic mass is 35.5. The Morgan fingerprint density at radius 1 is 1.09 bits per heavy atom. The molecule has 184 valence electrons. The van der Waals surface area contributed by atoms with Crippen molar-refractivity contribution in [3.05, 3.63) is 88.5 Å². The minimum absolute atomic E-state index is 0.0255. The number of benzene rings is 2. The van der Waals surface area contributed by atoms with Crippen molar-refractivity contribution in [2.75, 3.05) is 26.7 Å². The van der Waals surface area contributed by atoms with E-state index in [1.807, 2.05) is 42.1 Å². The zero-order valence-corrected chi connectivity index (χ0v) is 21.3. The van der Waals surface area contributed by atoms with Crippen LogP contribution in [-0.2, 0) is 36.8 Å². The Kier molecular flexibility index (Phi) is 6.96. The van der Waals surface area contributed by atoms with Crippen molar-refractivity contribution in [3.63, 3.8) is 0 Å².